The molecule has 2 heterocycles. The fourth-order valence-electron chi connectivity index (χ4n) is 2.40. The van der Waals surface area contributed by atoms with E-state index in [1.807, 2.05) is 4.90 Å². The van der Waals surface area contributed by atoms with Gasteiger partial charge in [-0.3, -0.25) is 4.79 Å². The van der Waals surface area contributed by atoms with Crippen LogP contribution in [-0.2, 0) is 4.79 Å². The van der Waals surface area contributed by atoms with E-state index in [0.717, 1.165) is 19.4 Å². The van der Waals surface area contributed by atoms with Gasteiger partial charge in [-0.15, -0.1) is 0 Å². The molecule has 0 aromatic carbocycles. The predicted molar refractivity (Wildman–Crippen MR) is 72.3 cm³/mol. The average molecular weight is 281 g/mol. The Morgan fingerprint density at radius 3 is 2.60 bits per heavy atom. The Kier molecular flexibility index (Phi) is 4.60. The van der Waals surface area contributed by atoms with Gasteiger partial charge in [-0.05, 0) is 18.8 Å². The summed E-state index contributed by atoms with van der Waals surface area (Å²) in [7, 11) is 3.07. The van der Waals surface area contributed by atoms with Crippen LogP contribution in [-0.4, -0.2) is 48.4 Å². The zero-order chi connectivity index (χ0) is 14.5. The Hall–Kier alpha value is -2.05. The van der Waals surface area contributed by atoms with Crippen LogP contribution in [0.1, 0.15) is 19.3 Å². The first-order valence-electron chi connectivity index (χ1n) is 6.56. The largest absolute Gasteiger partial charge is 0.481 e. The monoisotopic (exact) mass is 281 g/mol. The first-order chi connectivity index (χ1) is 9.62. The fourth-order valence-corrected chi connectivity index (χ4v) is 2.40. The molecule has 7 heteroatoms. The quantitative estimate of drug-likeness (QED) is 0.867. The molecule has 1 aromatic heterocycles. The molecule has 1 unspecified atom stereocenters. The highest BCUT2D eigenvalue weighted by atomic mass is 16.5. The van der Waals surface area contributed by atoms with E-state index >= 15 is 0 Å². The van der Waals surface area contributed by atoms with Gasteiger partial charge in [0.15, 0.2) is 0 Å². The summed E-state index contributed by atoms with van der Waals surface area (Å²) in [5.74, 6) is 0.763. The molecular weight excluding hydrogens is 262 g/mol. The van der Waals surface area contributed by atoms with Crippen molar-refractivity contribution < 1.29 is 19.4 Å². The number of hydrogen-bond acceptors (Lipinski definition) is 6. The highest BCUT2D eigenvalue weighted by Crippen LogP contribution is 2.26. The van der Waals surface area contributed by atoms with Crippen LogP contribution in [0, 0.1) is 5.92 Å². The van der Waals surface area contributed by atoms with Crippen molar-refractivity contribution in [1.29, 1.82) is 0 Å². The minimum absolute atomic E-state index is 0.127. The Morgan fingerprint density at radius 2 is 2.05 bits per heavy atom. The zero-order valence-corrected chi connectivity index (χ0v) is 11.7. The SMILES string of the molecule is COc1cc(OC)nc(N2CCCC(CC(=O)O)C2)n1. The number of hydrogen-bond donors (Lipinski definition) is 1. The van der Waals surface area contributed by atoms with Crippen molar-refractivity contribution in [3.05, 3.63) is 6.07 Å². The summed E-state index contributed by atoms with van der Waals surface area (Å²) < 4.78 is 10.3. The van der Waals surface area contributed by atoms with Crippen LogP contribution in [0.3, 0.4) is 0 Å². The molecule has 0 amide bonds. The van der Waals surface area contributed by atoms with Gasteiger partial charge in [0.05, 0.1) is 20.3 Å². The molecule has 1 fully saturated rings. The molecule has 1 aliphatic heterocycles. The van der Waals surface area contributed by atoms with Crippen molar-refractivity contribution in [2.75, 3.05) is 32.2 Å². The smallest absolute Gasteiger partial charge is 0.303 e. The van der Waals surface area contributed by atoms with Crippen LogP contribution < -0.4 is 14.4 Å². The molecule has 1 aromatic rings. The predicted octanol–water partition coefficient (Wildman–Crippen LogP) is 1.18. The number of carboxylic acids is 1. The maximum Gasteiger partial charge on any atom is 0.303 e. The molecule has 1 N–H and O–H groups in total. The van der Waals surface area contributed by atoms with Crippen LogP contribution in [0.15, 0.2) is 6.07 Å². The lowest BCUT2D eigenvalue weighted by molar-refractivity contribution is -0.138. The fraction of sp³-hybridized carbons (Fsp3) is 0.615. The molecule has 0 aliphatic carbocycles. The van der Waals surface area contributed by atoms with Gasteiger partial charge in [0.25, 0.3) is 0 Å². The summed E-state index contributed by atoms with van der Waals surface area (Å²) in [5, 5.41) is 8.90. The van der Waals surface area contributed by atoms with Crippen LogP contribution in [0.5, 0.6) is 11.8 Å². The van der Waals surface area contributed by atoms with E-state index in [1.165, 1.54) is 14.2 Å². The van der Waals surface area contributed by atoms with Gasteiger partial charge < -0.3 is 19.5 Å². The van der Waals surface area contributed by atoms with Gasteiger partial charge in [-0.25, -0.2) is 0 Å². The van der Waals surface area contributed by atoms with E-state index < -0.39 is 5.97 Å². The van der Waals surface area contributed by atoms with Crippen molar-refractivity contribution in [3.63, 3.8) is 0 Å². The lowest BCUT2D eigenvalue weighted by Gasteiger charge is -2.32. The maximum atomic E-state index is 10.8. The van der Waals surface area contributed by atoms with Gasteiger partial charge in [0, 0.05) is 19.5 Å². The van der Waals surface area contributed by atoms with Gasteiger partial charge in [0.2, 0.25) is 17.7 Å². The third kappa shape index (κ3) is 3.49. The van der Waals surface area contributed by atoms with Crippen molar-refractivity contribution >= 4 is 11.9 Å². The molecule has 0 radical (unpaired) electrons. The zero-order valence-electron chi connectivity index (χ0n) is 11.7. The third-order valence-corrected chi connectivity index (χ3v) is 3.35. The molecule has 0 bridgehead atoms. The number of carbonyl (C=O) groups is 1. The number of aromatic nitrogens is 2. The lowest BCUT2D eigenvalue weighted by Crippen LogP contribution is -2.37. The van der Waals surface area contributed by atoms with Gasteiger partial charge in [0.1, 0.15) is 0 Å². The standard InChI is InChI=1S/C13H19N3O4/c1-19-10-7-11(20-2)15-13(14-10)16-5-3-4-9(8-16)6-12(17)18/h7,9H,3-6,8H2,1-2H3,(H,17,18). The number of ether oxygens (including phenoxy) is 2. The molecule has 1 atom stereocenters. The summed E-state index contributed by atoms with van der Waals surface area (Å²) in [4.78, 5) is 21.4. The minimum Gasteiger partial charge on any atom is -0.481 e. The summed E-state index contributed by atoms with van der Waals surface area (Å²) in [6.07, 6.45) is 2.03. The Bertz CT molecular complexity index is 458. The van der Waals surface area contributed by atoms with Crippen LogP contribution >= 0.6 is 0 Å². The van der Waals surface area contributed by atoms with Crippen LogP contribution in [0.2, 0.25) is 0 Å². The topological polar surface area (TPSA) is 84.8 Å². The Morgan fingerprint density at radius 1 is 1.40 bits per heavy atom. The minimum atomic E-state index is -0.763. The second kappa shape index (κ2) is 6.40. The van der Waals surface area contributed by atoms with E-state index in [1.54, 1.807) is 6.07 Å². The molecular formula is C13H19N3O4. The molecule has 1 aliphatic rings. The highest BCUT2D eigenvalue weighted by Gasteiger charge is 2.24. The second-order valence-corrected chi connectivity index (χ2v) is 4.80. The molecule has 0 saturated carbocycles. The number of nitrogens with zero attached hydrogens (tertiary/aromatic N) is 3. The molecule has 0 spiro atoms. The van der Waals surface area contributed by atoms with E-state index in [-0.39, 0.29) is 12.3 Å². The number of rotatable bonds is 5. The Balaban J connectivity index is 2.15. The van der Waals surface area contributed by atoms with Gasteiger partial charge in [-0.1, -0.05) is 0 Å². The summed E-state index contributed by atoms with van der Waals surface area (Å²) in [6.45, 7) is 1.45. The lowest BCUT2D eigenvalue weighted by atomic mass is 9.95. The molecule has 20 heavy (non-hydrogen) atoms. The van der Waals surface area contributed by atoms with Crippen molar-refractivity contribution in [2.24, 2.45) is 5.92 Å². The third-order valence-electron chi connectivity index (χ3n) is 3.35. The van der Waals surface area contributed by atoms with Gasteiger partial charge in [-0.2, -0.15) is 9.97 Å². The number of carboxylic acid groups (broad SMARTS) is 1. The molecule has 110 valence electrons. The molecule has 1 saturated heterocycles. The first-order valence-corrected chi connectivity index (χ1v) is 6.56. The van der Waals surface area contributed by atoms with Crippen molar-refractivity contribution in [2.45, 2.75) is 19.3 Å². The molecule has 7 nitrogen and oxygen atoms in total. The summed E-state index contributed by atoms with van der Waals surface area (Å²) in [6, 6.07) is 1.61. The maximum absolute atomic E-state index is 10.8. The van der Waals surface area contributed by atoms with Gasteiger partial charge >= 0.3 is 5.97 Å². The van der Waals surface area contributed by atoms with Crippen LogP contribution in [0.25, 0.3) is 0 Å². The van der Waals surface area contributed by atoms with Crippen LogP contribution in [0.4, 0.5) is 5.95 Å². The summed E-state index contributed by atoms with van der Waals surface area (Å²) in [5.41, 5.74) is 0. The average Bonchev–Trinajstić information content (AvgIpc) is 2.46. The van der Waals surface area contributed by atoms with E-state index in [9.17, 15) is 4.79 Å². The first kappa shape index (κ1) is 14.4. The number of piperidine rings is 1. The van der Waals surface area contributed by atoms with E-state index in [2.05, 4.69) is 9.97 Å². The number of anilines is 1. The number of aliphatic carboxylic acids is 1. The van der Waals surface area contributed by atoms with E-state index in [4.69, 9.17) is 14.6 Å². The normalized spacial score (nSPS) is 18.7. The molecule has 2 rings (SSSR count). The van der Waals surface area contributed by atoms with E-state index in [0.29, 0.717) is 24.3 Å². The van der Waals surface area contributed by atoms with Crippen molar-refractivity contribution in [3.8, 4) is 11.8 Å². The van der Waals surface area contributed by atoms with Crippen molar-refractivity contribution in [1.82, 2.24) is 9.97 Å². The second-order valence-electron chi connectivity index (χ2n) is 4.80. The highest BCUT2D eigenvalue weighted by molar-refractivity contribution is 5.67. The summed E-state index contributed by atoms with van der Waals surface area (Å²) >= 11 is 0. The Labute approximate surface area is 117 Å². The number of methoxy groups -OCH3 is 2.